The summed E-state index contributed by atoms with van der Waals surface area (Å²) in [6, 6.07) is 14.6. The molecule has 0 bridgehead atoms. The minimum absolute atomic E-state index is 0.359. The van der Waals surface area contributed by atoms with E-state index in [4.69, 9.17) is 4.74 Å². The zero-order chi connectivity index (χ0) is 18.4. The first-order valence-electron chi connectivity index (χ1n) is 8.29. The molecule has 2 rings (SSSR count). The molecule has 5 nitrogen and oxygen atoms in total. The number of benzene rings is 2. The van der Waals surface area contributed by atoms with Gasteiger partial charge in [-0.2, -0.15) is 0 Å². The van der Waals surface area contributed by atoms with Gasteiger partial charge in [-0.05, 0) is 55.3 Å². The van der Waals surface area contributed by atoms with Crippen LogP contribution < -0.4 is 10.2 Å². The topological polar surface area (TPSA) is 58.6 Å². The van der Waals surface area contributed by atoms with Crippen LogP contribution in [0.2, 0.25) is 0 Å². The Labute approximate surface area is 148 Å². The molecule has 0 aliphatic rings. The van der Waals surface area contributed by atoms with E-state index in [0.717, 1.165) is 12.1 Å². The van der Waals surface area contributed by atoms with Gasteiger partial charge >= 0.3 is 5.97 Å². The van der Waals surface area contributed by atoms with Crippen LogP contribution in [0.25, 0.3) is 0 Å². The number of carbonyl (C=O) groups is 2. The van der Waals surface area contributed by atoms with Crippen molar-refractivity contribution < 1.29 is 14.3 Å². The smallest absolute Gasteiger partial charge is 0.338 e. The Morgan fingerprint density at radius 3 is 2.16 bits per heavy atom. The van der Waals surface area contributed by atoms with Gasteiger partial charge in [-0.3, -0.25) is 4.79 Å². The summed E-state index contributed by atoms with van der Waals surface area (Å²) in [6.07, 6.45) is 0.0568. The summed E-state index contributed by atoms with van der Waals surface area (Å²) in [7, 11) is 3.85. The van der Waals surface area contributed by atoms with E-state index in [2.05, 4.69) is 12.2 Å². The van der Waals surface area contributed by atoms with Crippen LogP contribution >= 0.6 is 0 Å². The number of anilines is 2. The third-order valence-electron chi connectivity index (χ3n) is 3.90. The molecule has 1 N–H and O–H groups in total. The lowest BCUT2D eigenvalue weighted by Gasteiger charge is -2.15. The highest BCUT2D eigenvalue weighted by Crippen LogP contribution is 2.14. The zero-order valence-corrected chi connectivity index (χ0v) is 15.1. The molecule has 132 valence electrons. The molecule has 5 heteroatoms. The molecular formula is C20H24N2O3. The van der Waals surface area contributed by atoms with Crippen molar-refractivity contribution in [3.8, 4) is 0 Å². The number of nitrogens with zero attached hydrogens (tertiary/aromatic N) is 1. The van der Waals surface area contributed by atoms with Crippen molar-refractivity contribution in [1.82, 2.24) is 0 Å². The maximum atomic E-state index is 12.2. The molecule has 0 heterocycles. The number of aryl methyl sites for hydroxylation is 1. The predicted octanol–water partition coefficient (Wildman–Crippen LogP) is 3.50. The van der Waals surface area contributed by atoms with Crippen LogP contribution in [0.4, 0.5) is 11.4 Å². The minimum Gasteiger partial charge on any atom is -0.449 e. The van der Waals surface area contributed by atoms with Gasteiger partial charge in [0.1, 0.15) is 0 Å². The van der Waals surface area contributed by atoms with Gasteiger partial charge in [0.15, 0.2) is 6.10 Å². The molecule has 2 aromatic rings. The van der Waals surface area contributed by atoms with Gasteiger partial charge in [0.05, 0.1) is 5.56 Å². The van der Waals surface area contributed by atoms with E-state index in [0.29, 0.717) is 11.3 Å². The van der Waals surface area contributed by atoms with Gasteiger partial charge in [-0.15, -0.1) is 0 Å². The van der Waals surface area contributed by atoms with Gasteiger partial charge in [-0.25, -0.2) is 4.79 Å². The van der Waals surface area contributed by atoms with Gasteiger partial charge in [0.25, 0.3) is 5.91 Å². The highest BCUT2D eigenvalue weighted by molar-refractivity contribution is 5.97. The lowest BCUT2D eigenvalue weighted by Crippen LogP contribution is -2.30. The fourth-order valence-corrected chi connectivity index (χ4v) is 2.25. The van der Waals surface area contributed by atoms with E-state index in [-0.39, 0.29) is 5.91 Å². The highest BCUT2D eigenvalue weighted by Gasteiger charge is 2.19. The standard InChI is InChI=1S/C20H24N2O3/c1-5-15-6-10-17(11-7-15)21-19(23)14(2)25-20(24)16-8-12-18(13-9-16)22(3)4/h6-14H,5H2,1-4H3,(H,21,23)/t14-/m1/s1. The fourth-order valence-electron chi connectivity index (χ4n) is 2.25. The van der Waals surface area contributed by atoms with Crippen LogP contribution in [-0.4, -0.2) is 32.1 Å². The van der Waals surface area contributed by atoms with Crippen molar-refractivity contribution in [1.29, 1.82) is 0 Å². The van der Waals surface area contributed by atoms with Crippen LogP contribution in [-0.2, 0) is 16.0 Å². The van der Waals surface area contributed by atoms with Gasteiger partial charge in [0.2, 0.25) is 0 Å². The summed E-state index contributed by atoms with van der Waals surface area (Å²) in [4.78, 5) is 26.3. The van der Waals surface area contributed by atoms with Crippen LogP contribution in [0, 0.1) is 0 Å². The Hall–Kier alpha value is -2.82. The Morgan fingerprint density at radius 2 is 1.64 bits per heavy atom. The Bertz CT molecular complexity index is 722. The van der Waals surface area contributed by atoms with E-state index < -0.39 is 12.1 Å². The number of ether oxygens (including phenoxy) is 1. The monoisotopic (exact) mass is 340 g/mol. The van der Waals surface area contributed by atoms with Gasteiger partial charge in [0, 0.05) is 25.5 Å². The molecule has 0 spiro atoms. The molecule has 1 atom stereocenters. The Kier molecular flexibility index (Phi) is 6.17. The van der Waals surface area contributed by atoms with Crippen molar-refractivity contribution in [3.63, 3.8) is 0 Å². The highest BCUT2D eigenvalue weighted by atomic mass is 16.5. The number of carbonyl (C=O) groups excluding carboxylic acids is 2. The molecule has 0 saturated carbocycles. The van der Waals surface area contributed by atoms with Crippen LogP contribution in [0.15, 0.2) is 48.5 Å². The summed E-state index contributed by atoms with van der Waals surface area (Å²) in [5.74, 6) is -0.878. The average Bonchev–Trinajstić information content (AvgIpc) is 2.62. The van der Waals surface area contributed by atoms with E-state index in [1.807, 2.05) is 55.4 Å². The molecule has 0 saturated heterocycles. The molecule has 2 aromatic carbocycles. The molecule has 0 aliphatic carbocycles. The molecule has 0 unspecified atom stereocenters. The second-order valence-corrected chi connectivity index (χ2v) is 6.03. The number of hydrogen-bond donors (Lipinski definition) is 1. The Balaban J connectivity index is 1.93. The largest absolute Gasteiger partial charge is 0.449 e. The van der Waals surface area contributed by atoms with Gasteiger partial charge < -0.3 is 15.0 Å². The van der Waals surface area contributed by atoms with Crippen LogP contribution in [0.5, 0.6) is 0 Å². The van der Waals surface area contributed by atoms with E-state index in [1.54, 1.807) is 19.1 Å². The summed E-state index contributed by atoms with van der Waals surface area (Å²) in [6.45, 7) is 3.63. The fraction of sp³-hybridized carbons (Fsp3) is 0.300. The maximum absolute atomic E-state index is 12.2. The van der Waals surface area contributed by atoms with Crippen molar-refractivity contribution in [2.75, 3.05) is 24.3 Å². The first kappa shape index (κ1) is 18.5. The predicted molar refractivity (Wildman–Crippen MR) is 100 cm³/mol. The number of hydrogen-bond acceptors (Lipinski definition) is 4. The van der Waals surface area contributed by atoms with Crippen molar-refractivity contribution in [3.05, 3.63) is 59.7 Å². The second kappa shape index (κ2) is 8.33. The second-order valence-electron chi connectivity index (χ2n) is 6.03. The van der Waals surface area contributed by atoms with Crippen molar-refractivity contribution in [2.45, 2.75) is 26.4 Å². The lowest BCUT2D eigenvalue weighted by atomic mass is 10.1. The van der Waals surface area contributed by atoms with E-state index >= 15 is 0 Å². The lowest BCUT2D eigenvalue weighted by molar-refractivity contribution is -0.123. The molecule has 0 radical (unpaired) electrons. The van der Waals surface area contributed by atoms with Gasteiger partial charge in [-0.1, -0.05) is 19.1 Å². The molecule has 0 fully saturated rings. The van der Waals surface area contributed by atoms with E-state index in [1.165, 1.54) is 5.56 Å². The zero-order valence-electron chi connectivity index (χ0n) is 15.1. The summed E-state index contributed by atoms with van der Waals surface area (Å²) in [5, 5.41) is 2.75. The van der Waals surface area contributed by atoms with Crippen LogP contribution in [0.3, 0.4) is 0 Å². The summed E-state index contributed by atoms with van der Waals surface area (Å²) < 4.78 is 5.25. The molecule has 0 aromatic heterocycles. The molecule has 1 amide bonds. The first-order chi connectivity index (χ1) is 11.9. The average molecular weight is 340 g/mol. The van der Waals surface area contributed by atoms with E-state index in [9.17, 15) is 9.59 Å². The minimum atomic E-state index is -0.883. The number of esters is 1. The maximum Gasteiger partial charge on any atom is 0.338 e. The molecular weight excluding hydrogens is 316 g/mol. The molecule has 25 heavy (non-hydrogen) atoms. The van der Waals surface area contributed by atoms with Crippen LogP contribution in [0.1, 0.15) is 29.8 Å². The summed E-state index contributed by atoms with van der Waals surface area (Å²) in [5.41, 5.74) is 3.27. The third-order valence-corrected chi connectivity index (χ3v) is 3.90. The number of amides is 1. The normalized spacial score (nSPS) is 11.5. The van der Waals surface area contributed by atoms with Crippen molar-refractivity contribution >= 4 is 23.3 Å². The summed E-state index contributed by atoms with van der Waals surface area (Å²) >= 11 is 0. The first-order valence-corrected chi connectivity index (χ1v) is 8.29. The molecule has 0 aliphatic heterocycles. The third kappa shape index (κ3) is 5.08. The number of nitrogens with one attached hydrogen (secondary N) is 1. The number of rotatable bonds is 6. The van der Waals surface area contributed by atoms with Crippen molar-refractivity contribution in [2.24, 2.45) is 0 Å². The quantitative estimate of drug-likeness (QED) is 0.818. The SMILES string of the molecule is CCc1ccc(NC(=O)[C@@H](C)OC(=O)c2ccc(N(C)C)cc2)cc1. The Morgan fingerprint density at radius 1 is 1.04 bits per heavy atom.